The number of nitrogens with zero attached hydrogens (tertiary/aromatic N) is 5. The normalized spacial score (nSPS) is 34.3. The number of amides is 1. The second-order valence-electron chi connectivity index (χ2n) is 9.40. The summed E-state index contributed by atoms with van der Waals surface area (Å²) in [4.78, 5) is 17.5. The molecule has 0 spiro atoms. The first-order valence-corrected chi connectivity index (χ1v) is 11.4. The molecule has 0 aromatic carbocycles. The fraction of sp³-hybridized carbons (Fsp3) is 0.857. The van der Waals surface area contributed by atoms with Crippen molar-refractivity contribution < 1.29 is 14.6 Å². The minimum absolute atomic E-state index is 0.132. The van der Waals surface area contributed by atoms with E-state index in [9.17, 15) is 9.90 Å². The summed E-state index contributed by atoms with van der Waals surface area (Å²) in [6.45, 7) is 5.50. The summed E-state index contributed by atoms with van der Waals surface area (Å²) in [7, 11) is 0. The van der Waals surface area contributed by atoms with Crippen molar-refractivity contribution in [3.05, 3.63) is 11.9 Å². The number of piperidine rings is 3. The highest BCUT2D eigenvalue weighted by Crippen LogP contribution is 2.38. The van der Waals surface area contributed by atoms with Crippen LogP contribution in [0.1, 0.15) is 50.6 Å². The molecule has 2 bridgehead atoms. The molecule has 1 aliphatic carbocycles. The van der Waals surface area contributed by atoms with Crippen LogP contribution in [0.3, 0.4) is 0 Å². The summed E-state index contributed by atoms with van der Waals surface area (Å²) in [5.74, 6) is 0.919. The highest BCUT2D eigenvalue weighted by atomic mass is 16.5. The molecular formula is C21H33N5O3. The Morgan fingerprint density at radius 3 is 2.72 bits per heavy atom. The molecule has 1 saturated carbocycles. The lowest BCUT2D eigenvalue weighted by Gasteiger charge is -2.50. The molecule has 0 radical (unpaired) electrons. The number of hydrogen-bond acceptors (Lipinski definition) is 6. The Kier molecular flexibility index (Phi) is 5.34. The Bertz CT molecular complexity index is 726. The molecule has 4 aliphatic heterocycles. The Labute approximate surface area is 172 Å². The van der Waals surface area contributed by atoms with Crippen molar-refractivity contribution in [2.45, 2.75) is 63.1 Å². The number of fused-ring (bicyclic) bond motifs is 3. The minimum atomic E-state index is -0.794. The van der Waals surface area contributed by atoms with E-state index in [1.165, 1.54) is 6.42 Å². The number of carbonyl (C=O) groups excluding carboxylic acids is 1. The molecular weight excluding hydrogens is 370 g/mol. The smallest absolute Gasteiger partial charge is 0.227 e. The van der Waals surface area contributed by atoms with Crippen molar-refractivity contribution in [1.82, 2.24) is 24.8 Å². The molecule has 29 heavy (non-hydrogen) atoms. The molecule has 1 amide bonds. The molecule has 1 aromatic rings. The summed E-state index contributed by atoms with van der Waals surface area (Å²) >= 11 is 0. The molecule has 1 aromatic heterocycles. The van der Waals surface area contributed by atoms with E-state index in [-0.39, 0.29) is 5.92 Å². The van der Waals surface area contributed by atoms with Gasteiger partial charge in [0.2, 0.25) is 5.91 Å². The van der Waals surface area contributed by atoms with Gasteiger partial charge in [0.05, 0.1) is 31.9 Å². The van der Waals surface area contributed by atoms with E-state index in [0.29, 0.717) is 31.1 Å². The van der Waals surface area contributed by atoms with Crippen molar-refractivity contribution in [3.63, 3.8) is 0 Å². The fourth-order valence-corrected chi connectivity index (χ4v) is 5.84. The van der Waals surface area contributed by atoms with Crippen LogP contribution in [0.25, 0.3) is 0 Å². The van der Waals surface area contributed by atoms with Crippen molar-refractivity contribution >= 4 is 5.91 Å². The van der Waals surface area contributed by atoms with E-state index in [1.54, 1.807) is 0 Å². The molecule has 5 fully saturated rings. The van der Waals surface area contributed by atoms with E-state index in [0.717, 1.165) is 76.9 Å². The number of ether oxygens (including phenoxy) is 1. The molecule has 4 atom stereocenters. The SMILES string of the molecule is O=C([C@H]1CN2CCC1C[C@@H]2Cn1cc(C2(O)CCCCC2)nn1)N1CCOCC1. The summed E-state index contributed by atoms with van der Waals surface area (Å²) in [5.41, 5.74) is -0.0635. The van der Waals surface area contributed by atoms with Crippen molar-refractivity contribution in [3.8, 4) is 0 Å². The zero-order valence-electron chi connectivity index (χ0n) is 17.2. The van der Waals surface area contributed by atoms with Crippen LogP contribution in [0.4, 0.5) is 0 Å². The Morgan fingerprint density at radius 1 is 1.21 bits per heavy atom. The van der Waals surface area contributed by atoms with Gasteiger partial charge in [0.25, 0.3) is 0 Å². The van der Waals surface area contributed by atoms with Gasteiger partial charge in [-0.15, -0.1) is 5.10 Å². The number of morpholine rings is 1. The molecule has 1 N–H and O–H groups in total. The van der Waals surface area contributed by atoms with Crippen molar-refractivity contribution in [2.24, 2.45) is 11.8 Å². The number of aliphatic hydroxyl groups is 1. The van der Waals surface area contributed by atoms with E-state index in [2.05, 4.69) is 15.2 Å². The Morgan fingerprint density at radius 2 is 2.00 bits per heavy atom. The lowest BCUT2D eigenvalue weighted by atomic mass is 9.75. The van der Waals surface area contributed by atoms with Crippen LogP contribution >= 0.6 is 0 Å². The first-order chi connectivity index (χ1) is 14.1. The number of carbonyl (C=O) groups is 1. The topological polar surface area (TPSA) is 83.7 Å². The third kappa shape index (κ3) is 3.82. The predicted molar refractivity (Wildman–Crippen MR) is 106 cm³/mol. The molecule has 8 heteroatoms. The van der Waals surface area contributed by atoms with Gasteiger partial charge < -0.3 is 14.7 Å². The van der Waals surface area contributed by atoms with Gasteiger partial charge >= 0.3 is 0 Å². The van der Waals surface area contributed by atoms with Crippen LogP contribution in [-0.4, -0.2) is 81.2 Å². The van der Waals surface area contributed by atoms with Gasteiger partial charge in [-0.2, -0.15) is 0 Å². The average Bonchev–Trinajstić information content (AvgIpc) is 3.24. The van der Waals surface area contributed by atoms with Gasteiger partial charge in [-0.05, 0) is 38.1 Å². The summed E-state index contributed by atoms with van der Waals surface area (Å²) in [6.07, 6.45) is 8.98. The Hall–Kier alpha value is -1.51. The third-order valence-corrected chi connectivity index (χ3v) is 7.61. The second kappa shape index (κ2) is 7.96. The van der Waals surface area contributed by atoms with Crippen LogP contribution in [0.15, 0.2) is 6.20 Å². The van der Waals surface area contributed by atoms with E-state index < -0.39 is 5.60 Å². The van der Waals surface area contributed by atoms with Gasteiger partial charge in [-0.3, -0.25) is 14.4 Å². The monoisotopic (exact) mass is 403 g/mol. The first kappa shape index (κ1) is 19.5. The largest absolute Gasteiger partial charge is 0.383 e. The van der Waals surface area contributed by atoms with Crippen molar-refractivity contribution in [2.75, 3.05) is 39.4 Å². The zero-order valence-corrected chi connectivity index (χ0v) is 17.2. The standard InChI is InChI=1S/C21H33N5O3/c27-20(24-8-10-29-11-9-24)18-14-25-7-4-16(18)12-17(25)13-26-15-19(22-23-26)21(28)5-2-1-3-6-21/h15-18,28H,1-14H2/t16?,17-,18+/m1/s1. The van der Waals surface area contributed by atoms with Crippen molar-refractivity contribution in [1.29, 1.82) is 0 Å². The quantitative estimate of drug-likeness (QED) is 0.808. The number of aromatic nitrogens is 3. The number of hydrogen-bond donors (Lipinski definition) is 1. The maximum Gasteiger partial charge on any atom is 0.227 e. The second-order valence-corrected chi connectivity index (χ2v) is 9.40. The minimum Gasteiger partial charge on any atom is -0.383 e. The molecule has 4 saturated heterocycles. The van der Waals surface area contributed by atoms with E-state index in [1.807, 2.05) is 15.8 Å². The van der Waals surface area contributed by atoms with Crippen LogP contribution in [0.2, 0.25) is 0 Å². The third-order valence-electron chi connectivity index (χ3n) is 7.61. The van der Waals surface area contributed by atoms with Crippen LogP contribution in [0.5, 0.6) is 0 Å². The molecule has 6 rings (SSSR count). The zero-order chi connectivity index (χ0) is 19.8. The van der Waals surface area contributed by atoms with Crippen LogP contribution in [0, 0.1) is 11.8 Å². The lowest BCUT2D eigenvalue weighted by molar-refractivity contribution is -0.148. The van der Waals surface area contributed by atoms with Gasteiger partial charge in [-0.25, -0.2) is 0 Å². The molecule has 5 aliphatic rings. The molecule has 160 valence electrons. The maximum atomic E-state index is 13.0. The predicted octanol–water partition coefficient (Wildman–Crippen LogP) is 0.999. The first-order valence-electron chi connectivity index (χ1n) is 11.4. The van der Waals surface area contributed by atoms with Crippen LogP contribution < -0.4 is 0 Å². The Balaban J connectivity index is 1.21. The fourth-order valence-electron chi connectivity index (χ4n) is 5.84. The van der Waals surface area contributed by atoms with Crippen LogP contribution in [-0.2, 0) is 21.7 Å². The van der Waals surface area contributed by atoms with Gasteiger partial charge in [0.15, 0.2) is 0 Å². The van der Waals surface area contributed by atoms with Gasteiger partial charge in [0, 0.05) is 25.7 Å². The lowest BCUT2D eigenvalue weighted by Crippen LogP contribution is -2.59. The van der Waals surface area contributed by atoms with E-state index in [4.69, 9.17) is 4.74 Å². The van der Waals surface area contributed by atoms with Gasteiger partial charge in [0.1, 0.15) is 11.3 Å². The highest BCUT2D eigenvalue weighted by Gasteiger charge is 2.44. The maximum absolute atomic E-state index is 13.0. The number of rotatable bonds is 4. The highest BCUT2D eigenvalue weighted by molar-refractivity contribution is 5.79. The molecule has 5 heterocycles. The summed E-state index contributed by atoms with van der Waals surface area (Å²) in [6, 6.07) is 0.401. The average molecular weight is 404 g/mol. The summed E-state index contributed by atoms with van der Waals surface area (Å²) in [5, 5.41) is 19.6. The van der Waals surface area contributed by atoms with E-state index >= 15 is 0 Å². The molecule has 8 nitrogen and oxygen atoms in total. The molecule has 2 unspecified atom stereocenters. The summed E-state index contributed by atoms with van der Waals surface area (Å²) < 4.78 is 7.31. The van der Waals surface area contributed by atoms with Gasteiger partial charge in [-0.1, -0.05) is 24.5 Å².